The molecule has 27 heavy (non-hydrogen) atoms. The smallest absolute Gasteiger partial charge is 0.335 e. The Labute approximate surface area is 155 Å². The fourth-order valence-corrected chi connectivity index (χ4v) is 3.53. The quantitative estimate of drug-likeness (QED) is 0.574. The number of nitrogens with one attached hydrogen (secondary N) is 1. The number of hydrogen-bond acceptors (Lipinski definition) is 4. The lowest BCUT2D eigenvalue weighted by Gasteiger charge is -2.22. The zero-order valence-electron chi connectivity index (χ0n) is 14.8. The first-order chi connectivity index (χ1) is 13.1. The van der Waals surface area contributed by atoms with Crippen LogP contribution in [0.5, 0.6) is 0 Å². The van der Waals surface area contributed by atoms with Gasteiger partial charge in [0.25, 0.3) is 0 Å². The first-order valence-electron chi connectivity index (χ1n) is 8.94. The molecule has 0 aliphatic heterocycles. The van der Waals surface area contributed by atoms with Crippen molar-refractivity contribution in [3.63, 3.8) is 0 Å². The van der Waals surface area contributed by atoms with Crippen molar-refractivity contribution in [2.45, 2.75) is 18.9 Å². The Morgan fingerprint density at radius 3 is 2.78 bits per heavy atom. The van der Waals surface area contributed by atoms with Gasteiger partial charge in [-0.1, -0.05) is 6.07 Å². The Bertz CT molecular complexity index is 1190. The first kappa shape index (κ1) is 15.8. The van der Waals surface area contributed by atoms with E-state index in [2.05, 4.69) is 34.3 Å². The van der Waals surface area contributed by atoms with E-state index < -0.39 is 5.97 Å². The minimum atomic E-state index is -0.927. The number of nitrogens with zero attached hydrogens (tertiary/aromatic N) is 3. The van der Waals surface area contributed by atoms with Gasteiger partial charge in [0.05, 0.1) is 34.2 Å². The Kier molecular flexibility index (Phi) is 3.40. The number of anilines is 1. The van der Waals surface area contributed by atoms with Crippen LogP contribution in [0.4, 0.5) is 5.69 Å². The van der Waals surface area contributed by atoms with Gasteiger partial charge in [0.1, 0.15) is 0 Å². The van der Waals surface area contributed by atoms with Gasteiger partial charge in [-0.05, 0) is 49.2 Å². The molecular weight excluding hydrogens is 340 g/mol. The SMILES string of the molecule is CN(c1cc2cc(C(=O)O)ccc2nc1-c1ccc2[nH]ncc2c1)C1CC1. The Morgan fingerprint density at radius 1 is 1.15 bits per heavy atom. The number of benzene rings is 2. The summed E-state index contributed by atoms with van der Waals surface area (Å²) >= 11 is 0. The number of carbonyl (C=O) groups is 1. The monoisotopic (exact) mass is 358 g/mol. The summed E-state index contributed by atoms with van der Waals surface area (Å²) in [5.41, 5.74) is 5.00. The van der Waals surface area contributed by atoms with Crippen LogP contribution in [0.15, 0.2) is 48.7 Å². The number of rotatable bonds is 4. The van der Waals surface area contributed by atoms with Crippen molar-refractivity contribution >= 4 is 33.5 Å². The fraction of sp³-hybridized carbons (Fsp3) is 0.190. The van der Waals surface area contributed by atoms with E-state index in [1.54, 1.807) is 18.2 Å². The van der Waals surface area contributed by atoms with Gasteiger partial charge in [0.15, 0.2) is 0 Å². The molecule has 1 fully saturated rings. The lowest BCUT2D eigenvalue weighted by atomic mass is 10.0. The van der Waals surface area contributed by atoms with E-state index in [1.807, 2.05) is 18.3 Å². The van der Waals surface area contributed by atoms with Crippen molar-refractivity contribution in [2.75, 3.05) is 11.9 Å². The van der Waals surface area contributed by atoms with E-state index in [0.29, 0.717) is 6.04 Å². The molecule has 0 atom stereocenters. The molecule has 0 saturated heterocycles. The van der Waals surface area contributed by atoms with Crippen molar-refractivity contribution in [1.82, 2.24) is 15.2 Å². The van der Waals surface area contributed by atoms with E-state index in [4.69, 9.17) is 4.98 Å². The van der Waals surface area contributed by atoms with Gasteiger partial charge in [0.2, 0.25) is 0 Å². The maximum absolute atomic E-state index is 11.3. The highest BCUT2D eigenvalue weighted by molar-refractivity contribution is 5.96. The van der Waals surface area contributed by atoms with Crippen LogP contribution >= 0.6 is 0 Å². The number of pyridine rings is 1. The van der Waals surface area contributed by atoms with E-state index in [-0.39, 0.29) is 5.56 Å². The molecule has 2 heterocycles. The van der Waals surface area contributed by atoms with E-state index in [1.165, 1.54) is 12.8 Å². The highest BCUT2D eigenvalue weighted by Gasteiger charge is 2.28. The number of fused-ring (bicyclic) bond motifs is 2. The molecule has 0 spiro atoms. The molecule has 5 rings (SSSR count). The second kappa shape index (κ2) is 5.81. The van der Waals surface area contributed by atoms with Crippen LogP contribution in [0.25, 0.3) is 33.1 Å². The van der Waals surface area contributed by atoms with Crippen molar-refractivity contribution in [3.8, 4) is 11.3 Å². The largest absolute Gasteiger partial charge is 0.478 e. The maximum Gasteiger partial charge on any atom is 0.335 e. The molecule has 0 unspecified atom stereocenters. The number of aromatic amines is 1. The lowest BCUT2D eigenvalue weighted by molar-refractivity contribution is 0.0697. The van der Waals surface area contributed by atoms with Crippen LogP contribution in [0, 0.1) is 0 Å². The van der Waals surface area contributed by atoms with Gasteiger partial charge in [-0.3, -0.25) is 5.10 Å². The molecule has 1 saturated carbocycles. The number of aromatic nitrogens is 3. The lowest BCUT2D eigenvalue weighted by Crippen LogP contribution is -2.20. The normalized spacial score (nSPS) is 14.0. The highest BCUT2D eigenvalue weighted by atomic mass is 16.4. The summed E-state index contributed by atoms with van der Waals surface area (Å²) < 4.78 is 0. The number of H-pyrrole nitrogens is 1. The van der Waals surface area contributed by atoms with Gasteiger partial charge in [-0.2, -0.15) is 5.10 Å². The average Bonchev–Trinajstić information content (AvgIpc) is 3.43. The standard InChI is InChI=1S/C21H18N4O2/c1-25(16-4-5-16)19-10-14-9-13(21(26)27)3-6-17(14)23-20(19)12-2-7-18-15(8-12)11-22-24-18/h2-3,6-11,16H,4-5H2,1H3,(H,22,24)(H,26,27). The summed E-state index contributed by atoms with van der Waals surface area (Å²) in [6.07, 6.45) is 4.15. The van der Waals surface area contributed by atoms with Crippen LogP contribution in [-0.4, -0.2) is 39.3 Å². The zero-order valence-corrected chi connectivity index (χ0v) is 14.8. The fourth-order valence-electron chi connectivity index (χ4n) is 3.53. The molecule has 6 heteroatoms. The van der Waals surface area contributed by atoms with Crippen LogP contribution < -0.4 is 4.90 Å². The van der Waals surface area contributed by atoms with Crippen molar-refractivity contribution in [3.05, 3.63) is 54.2 Å². The molecule has 6 nitrogen and oxygen atoms in total. The van der Waals surface area contributed by atoms with Gasteiger partial charge >= 0.3 is 5.97 Å². The van der Waals surface area contributed by atoms with Crippen LogP contribution in [-0.2, 0) is 0 Å². The summed E-state index contributed by atoms with van der Waals surface area (Å²) in [6, 6.07) is 13.8. The number of carboxylic acid groups (broad SMARTS) is 1. The highest BCUT2D eigenvalue weighted by Crippen LogP contribution is 2.38. The molecule has 1 aliphatic carbocycles. The summed E-state index contributed by atoms with van der Waals surface area (Å²) in [7, 11) is 2.08. The van der Waals surface area contributed by atoms with Crippen molar-refractivity contribution in [1.29, 1.82) is 0 Å². The van der Waals surface area contributed by atoms with E-state index in [9.17, 15) is 9.90 Å². The summed E-state index contributed by atoms with van der Waals surface area (Å²) in [4.78, 5) is 18.5. The minimum absolute atomic E-state index is 0.275. The van der Waals surface area contributed by atoms with E-state index >= 15 is 0 Å². The summed E-state index contributed by atoms with van der Waals surface area (Å²) in [6.45, 7) is 0. The Hall–Kier alpha value is -3.41. The molecule has 2 aromatic heterocycles. The Balaban J connectivity index is 1.74. The number of aromatic carboxylic acids is 1. The molecule has 0 amide bonds. The summed E-state index contributed by atoms with van der Waals surface area (Å²) in [5.74, 6) is -0.927. The molecule has 0 bridgehead atoms. The van der Waals surface area contributed by atoms with Crippen LogP contribution in [0.3, 0.4) is 0 Å². The molecule has 0 radical (unpaired) electrons. The molecule has 4 aromatic rings. The van der Waals surface area contributed by atoms with Gasteiger partial charge < -0.3 is 10.0 Å². The maximum atomic E-state index is 11.3. The predicted molar refractivity (Wildman–Crippen MR) is 105 cm³/mol. The van der Waals surface area contributed by atoms with Crippen molar-refractivity contribution < 1.29 is 9.90 Å². The molecule has 134 valence electrons. The third kappa shape index (κ3) is 2.70. The second-order valence-electron chi connectivity index (χ2n) is 7.08. The van der Waals surface area contributed by atoms with Gasteiger partial charge in [-0.25, -0.2) is 9.78 Å². The second-order valence-corrected chi connectivity index (χ2v) is 7.08. The number of carboxylic acids is 1. The third-order valence-electron chi connectivity index (χ3n) is 5.23. The van der Waals surface area contributed by atoms with Crippen molar-refractivity contribution in [2.24, 2.45) is 0 Å². The predicted octanol–water partition coefficient (Wildman–Crippen LogP) is 4.07. The summed E-state index contributed by atoms with van der Waals surface area (Å²) in [5, 5.41) is 18.2. The van der Waals surface area contributed by atoms with Gasteiger partial charge in [0, 0.05) is 29.4 Å². The molecule has 1 aliphatic rings. The zero-order chi connectivity index (χ0) is 18.5. The van der Waals surface area contributed by atoms with Gasteiger partial charge in [-0.15, -0.1) is 0 Å². The third-order valence-corrected chi connectivity index (χ3v) is 5.23. The Morgan fingerprint density at radius 2 is 2.00 bits per heavy atom. The molecule has 2 aromatic carbocycles. The van der Waals surface area contributed by atoms with Crippen LogP contribution in [0.2, 0.25) is 0 Å². The van der Waals surface area contributed by atoms with E-state index in [0.717, 1.165) is 38.8 Å². The molecular formula is C21H18N4O2. The van der Waals surface area contributed by atoms with Crippen LogP contribution in [0.1, 0.15) is 23.2 Å². The average molecular weight is 358 g/mol. The minimum Gasteiger partial charge on any atom is -0.478 e. The first-order valence-corrected chi connectivity index (χ1v) is 8.94. The number of hydrogen-bond donors (Lipinski definition) is 2. The topological polar surface area (TPSA) is 82.1 Å². The molecule has 2 N–H and O–H groups in total.